The third kappa shape index (κ3) is 5.58. The number of carbonyl (C=O) groups is 1. The maximum atomic E-state index is 12.6. The van der Waals surface area contributed by atoms with Crippen molar-refractivity contribution >= 4 is 21.6 Å². The Hall–Kier alpha value is -3.67. The van der Waals surface area contributed by atoms with Gasteiger partial charge in [-0.1, -0.05) is 6.07 Å². The van der Waals surface area contributed by atoms with Gasteiger partial charge in [0, 0.05) is 5.69 Å². The summed E-state index contributed by atoms with van der Waals surface area (Å²) in [6.07, 6.45) is 0.152. The zero-order chi connectivity index (χ0) is 24.3. The van der Waals surface area contributed by atoms with Crippen LogP contribution in [0.1, 0.15) is 33.4 Å². The van der Waals surface area contributed by atoms with E-state index in [1.54, 1.807) is 25.1 Å². The summed E-state index contributed by atoms with van der Waals surface area (Å²) in [7, 11) is -3.80. The lowest BCUT2D eigenvalue weighted by Gasteiger charge is -2.16. The van der Waals surface area contributed by atoms with E-state index in [0.29, 0.717) is 28.3 Å². The molecule has 0 bridgehead atoms. The highest BCUT2D eigenvalue weighted by Crippen LogP contribution is 2.31. The number of amides is 1. The van der Waals surface area contributed by atoms with Crippen LogP contribution in [0.2, 0.25) is 0 Å². The van der Waals surface area contributed by atoms with E-state index in [0.717, 1.165) is 22.3 Å². The Morgan fingerprint density at radius 2 is 1.67 bits per heavy atom. The lowest BCUT2D eigenvalue weighted by Crippen LogP contribution is -2.17. The van der Waals surface area contributed by atoms with Crippen LogP contribution in [-0.4, -0.2) is 14.3 Å². The van der Waals surface area contributed by atoms with Crippen LogP contribution < -0.4 is 15.2 Å². The molecule has 8 heteroatoms. The van der Waals surface area contributed by atoms with Crippen LogP contribution in [0.4, 0.5) is 5.69 Å². The summed E-state index contributed by atoms with van der Waals surface area (Å²) in [4.78, 5) is 12.6. The smallest absolute Gasteiger partial charge is 0.238 e. The average Bonchev–Trinajstić information content (AvgIpc) is 2.75. The summed E-state index contributed by atoms with van der Waals surface area (Å²) >= 11 is 0. The molecule has 33 heavy (non-hydrogen) atoms. The fraction of sp³-hybridized carbons (Fsp3) is 0.200. The second kappa shape index (κ2) is 9.45. The van der Waals surface area contributed by atoms with Crippen molar-refractivity contribution in [1.82, 2.24) is 0 Å². The molecule has 7 nitrogen and oxygen atoms in total. The first-order valence-corrected chi connectivity index (χ1v) is 11.7. The Balaban J connectivity index is 1.75. The molecule has 0 spiro atoms. The lowest BCUT2D eigenvalue weighted by molar-refractivity contribution is -0.115. The highest BCUT2D eigenvalue weighted by molar-refractivity contribution is 7.89. The molecule has 0 heterocycles. The maximum Gasteiger partial charge on any atom is 0.238 e. The van der Waals surface area contributed by atoms with Crippen molar-refractivity contribution in [2.24, 2.45) is 5.14 Å². The second-order valence-electron chi connectivity index (χ2n) is 7.91. The maximum absolute atomic E-state index is 12.6. The highest BCUT2D eigenvalue weighted by Gasteiger charge is 2.15. The minimum Gasteiger partial charge on any atom is -0.457 e. The van der Waals surface area contributed by atoms with Crippen molar-refractivity contribution < 1.29 is 17.9 Å². The summed E-state index contributed by atoms with van der Waals surface area (Å²) < 4.78 is 29.0. The molecular formula is C25H25N3O4S. The second-order valence-corrected chi connectivity index (χ2v) is 9.48. The molecule has 3 aromatic rings. The van der Waals surface area contributed by atoms with Gasteiger partial charge in [-0.2, -0.15) is 5.26 Å². The predicted molar refractivity (Wildman–Crippen MR) is 127 cm³/mol. The molecule has 3 N–H and O–H groups in total. The zero-order valence-electron chi connectivity index (χ0n) is 18.9. The van der Waals surface area contributed by atoms with Crippen LogP contribution in [-0.2, 0) is 21.2 Å². The number of ether oxygens (including phenoxy) is 1. The Labute approximate surface area is 193 Å². The quantitative estimate of drug-likeness (QED) is 0.560. The third-order valence-electron chi connectivity index (χ3n) is 5.53. The lowest BCUT2D eigenvalue weighted by atomic mass is 9.99. The average molecular weight is 464 g/mol. The molecule has 170 valence electrons. The normalized spacial score (nSPS) is 11.0. The monoisotopic (exact) mass is 463 g/mol. The fourth-order valence-electron chi connectivity index (χ4n) is 3.43. The Morgan fingerprint density at radius 3 is 2.27 bits per heavy atom. The molecule has 0 aliphatic carbocycles. The fourth-order valence-corrected chi connectivity index (χ4v) is 4.03. The van der Waals surface area contributed by atoms with Crippen molar-refractivity contribution in [3.63, 3.8) is 0 Å². The Kier molecular flexibility index (Phi) is 6.86. The number of hydrogen-bond acceptors (Lipinski definition) is 5. The van der Waals surface area contributed by atoms with E-state index in [2.05, 4.69) is 11.4 Å². The summed E-state index contributed by atoms with van der Waals surface area (Å²) in [6.45, 7) is 7.45. The summed E-state index contributed by atoms with van der Waals surface area (Å²) in [5, 5.41) is 17.0. The SMILES string of the molecule is Cc1cc(S(N)(=O)=O)ccc1NC(=O)Cc1ccc(Oc2ccc(C#N)cc2C)c(C)c1C. The van der Waals surface area contributed by atoms with Gasteiger partial charge in [0.05, 0.1) is 22.9 Å². The van der Waals surface area contributed by atoms with Gasteiger partial charge in [0.1, 0.15) is 11.5 Å². The molecule has 0 saturated heterocycles. The number of nitrogens with zero attached hydrogens (tertiary/aromatic N) is 1. The van der Waals surface area contributed by atoms with Gasteiger partial charge in [-0.3, -0.25) is 4.79 Å². The van der Waals surface area contributed by atoms with Crippen molar-refractivity contribution in [3.8, 4) is 17.6 Å². The van der Waals surface area contributed by atoms with Crippen LogP contribution in [0.3, 0.4) is 0 Å². The molecule has 3 aromatic carbocycles. The van der Waals surface area contributed by atoms with Gasteiger partial charge >= 0.3 is 0 Å². The molecule has 0 unspecified atom stereocenters. The number of nitriles is 1. The molecular weight excluding hydrogens is 438 g/mol. The largest absolute Gasteiger partial charge is 0.457 e. The third-order valence-corrected chi connectivity index (χ3v) is 6.44. The molecule has 0 aliphatic rings. The summed E-state index contributed by atoms with van der Waals surface area (Å²) in [5.41, 5.74) is 5.27. The topological polar surface area (TPSA) is 122 Å². The van der Waals surface area contributed by atoms with E-state index in [9.17, 15) is 13.2 Å². The first-order chi connectivity index (χ1) is 15.5. The van der Waals surface area contributed by atoms with E-state index < -0.39 is 10.0 Å². The molecule has 1 amide bonds. The first-order valence-electron chi connectivity index (χ1n) is 10.2. The van der Waals surface area contributed by atoms with Crippen LogP contribution >= 0.6 is 0 Å². The predicted octanol–water partition coefficient (Wildman–Crippen LogP) is 4.41. The molecule has 0 aliphatic heterocycles. The van der Waals surface area contributed by atoms with Crippen molar-refractivity contribution in [2.45, 2.75) is 39.0 Å². The molecule has 0 fully saturated rings. The number of benzene rings is 3. The van der Waals surface area contributed by atoms with Gasteiger partial charge in [-0.25, -0.2) is 13.6 Å². The minimum atomic E-state index is -3.80. The summed E-state index contributed by atoms with van der Waals surface area (Å²) in [5.74, 6) is 1.12. The number of primary sulfonamides is 1. The van der Waals surface area contributed by atoms with Crippen LogP contribution in [0.5, 0.6) is 11.5 Å². The van der Waals surface area contributed by atoms with Crippen LogP contribution in [0, 0.1) is 39.0 Å². The number of nitrogens with one attached hydrogen (secondary N) is 1. The number of sulfonamides is 1. The van der Waals surface area contributed by atoms with Gasteiger partial charge in [-0.05, 0) is 98.0 Å². The van der Waals surface area contributed by atoms with Crippen molar-refractivity contribution in [2.75, 3.05) is 5.32 Å². The van der Waals surface area contributed by atoms with Crippen molar-refractivity contribution in [3.05, 3.63) is 81.9 Å². The number of carbonyl (C=O) groups excluding carboxylic acids is 1. The van der Waals surface area contributed by atoms with Crippen molar-refractivity contribution in [1.29, 1.82) is 5.26 Å². The van der Waals surface area contributed by atoms with Gasteiger partial charge in [-0.15, -0.1) is 0 Å². The molecule has 0 saturated carbocycles. The number of rotatable bonds is 6. The number of nitrogens with two attached hydrogens (primary N) is 1. The number of aryl methyl sites for hydroxylation is 2. The zero-order valence-corrected chi connectivity index (χ0v) is 19.7. The van der Waals surface area contributed by atoms with E-state index in [4.69, 9.17) is 15.1 Å². The van der Waals surface area contributed by atoms with E-state index in [1.807, 2.05) is 32.9 Å². The van der Waals surface area contributed by atoms with E-state index in [-0.39, 0.29) is 17.2 Å². The highest BCUT2D eigenvalue weighted by atomic mass is 32.2. The van der Waals surface area contributed by atoms with Crippen LogP contribution in [0.15, 0.2) is 53.4 Å². The Morgan fingerprint density at radius 1 is 0.970 bits per heavy atom. The van der Waals surface area contributed by atoms with E-state index >= 15 is 0 Å². The van der Waals surface area contributed by atoms with Gasteiger partial charge in [0.15, 0.2) is 0 Å². The first kappa shape index (κ1) is 24.0. The van der Waals surface area contributed by atoms with E-state index in [1.165, 1.54) is 18.2 Å². The minimum absolute atomic E-state index is 0.00226. The number of anilines is 1. The number of hydrogen-bond donors (Lipinski definition) is 2. The van der Waals surface area contributed by atoms with Gasteiger partial charge in [0.25, 0.3) is 0 Å². The standard InChI is InChI=1S/C25H25N3O4S/c1-15-12-21(33(27,30)31)7-8-22(15)28-25(29)13-20-6-10-24(18(4)17(20)3)32-23-9-5-19(14-26)11-16(23)2/h5-12H,13H2,1-4H3,(H,28,29)(H2,27,30,31). The molecule has 0 atom stereocenters. The van der Waals surface area contributed by atoms with Crippen LogP contribution in [0.25, 0.3) is 0 Å². The summed E-state index contributed by atoms with van der Waals surface area (Å²) in [6, 6.07) is 15.4. The molecule has 3 rings (SSSR count). The van der Waals surface area contributed by atoms with Gasteiger partial charge < -0.3 is 10.1 Å². The Bertz CT molecular complexity index is 1390. The molecule has 0 radical (unpaired) electrons. The van der Waals surface area contributed by atoms with Gasteiger partial charge in [0.2, 0.25) is 15.9 Å². The molecule has 0 aromatic heterocycles.